The van der Waals surface area contributed by atoms with Crippen molar-refractivity contribution in [3.63, 3.8) is 0 Å². The number of nitrogens with one attached hydrogen (secondary N) is 1. The minimum Gasteiger partial charge on any atom is -0.464 e. The molecule has 1 amide bonds. The van der Waals surface area contributed by atoms with Gasteiger partial charge >= 0.3 is 5.97 Å². The van der Waals surface area contributed by atoms with Gasteiger partial charge in [0.1, 0.15) is 5.69 Å². The molecule has 0 fully saturated rings. The minimum absolute atomic E-state index is 0.0416. The Kier molecular flexibility index (Phi) is 5.39. The summed E-state index contributed by atoms with van der Waals surface area (Å²) in [6.07, 6.45) is 2.58. The van der Waals surface area contributed by atoms with Crippen molar-refractivity contribution in [2.75, 3.05) is 7.11 Å². The second-order valence-electron chi connectivity index (χ2n) is 4.30. The van der Waals surface area contributed by atoms with Crippen LogP contribution in [0.4, 0.5) is 0 Å². The van der Waals surface area contributed by atoms with E-state index >= 15 is 0 Å². The molecule has 2 heterocycles. The van der Waals surface area contributed by atoms with Crippen LogP contribution in [-0.4, -0.2) is 29.0 Å². The second-order valence-corrected chi connectivity index (χ2v) is 5.02. The van der Waals surface area contributed by atoms with Gasteiger partial charge in [-0.15, -0.1) is 11.3 Å². The third-order valence-corrected chi connectivity index (χ3v) is 3.44. The number of hydrogen-bond acceptors (Lipinski definition) is 6. The van der Waals surface area contributed by atoms with Crippen LogP contribution < -0.4 is 5.32 Å². The standard InChI is InChI=1S/C14H15N3O3S/c1-20-14(19)12-4-2-10(6-15-12)7-16-13(18)5-3-11-8-21-9-17-11/h2,4,6,8-9H,3,5,7H2,1H3,(H,16,18). The molecule has 0 aliphatic carbocycles. The third-order valence-electron chi connectivity index (χ3n) is 2.80. The summed E-state index contributed by atoms with van der Waals surface area (Å²) in [5, 5.41) is 4.74. The highest BCUT2D eigenvalue weighted by molar-refractivity contribution is 7.07. The van der Waals surface area contributed by atoms with Gasteiger partial charge in [-0.1, -0.05) is 6.07 Å². The molecule has 0 radical (unpaired) electrons. The van der Waals surface area contributed by atoms with Crippen molar-refractivity contribution in [2.45, 2.75) is 19.4 Å². The Bertz CT molecular complexity index is 596. The van der Waals surface area contributed by atoms with E-state index in [1.165, 1.54) is 18.4 Å². The van der Waals surface area contributed by atoms with E-state index in [4.69, 9.17) is 0 Å². The van der Waals surface area contributed by atoms with E-state index in [9.17, 15) is 9.59 Å². The number of thiazole rings is 1. The summed E-state index contributed by atoms with van der Waals surface area (Å²) < 4.78 is 4.57. The first-order chi connectivity index (χ1) is 10.2. The van der Waals surface area contributed by atoms with Crippen molar-refractivity contribution in [1.29, 1.82) is 0 Å². The number of methoxy groups -OCH3 is 1. The third kappa shape index (κ3) is 4.64. The normalized spacial score (nSPS) is 10.1. The van der Waals surface area contributed by atoms with Gasteiger partial charge in [-0.05, 0) is 18.1 Å². The summed E-state index contributed by atoms with van der Waals surface area (Å²) in [7, 11) is 1.31. The Balaban J connectivity index is 1.77. The minimum atomic E-state index is -0.478. The Morgan fingerprint density at radius 1 is 1.33 bits per heavy atom. The summed E-state index contributed by atoms with van der Waals surface area (Å²) in [5.41, 5.74) is 3.75. The fourth-order valence-corrected chi connectivity index (χ4v) is 2.24. The first kappa shape index (κ1) is 15.1. The molecule has 2 aromatic rings. The van der Waals surface area contributed by atoms with Crippen molar-refractivity contribution < 1.29 is 14.3 Å². The van der Waals surface area contributed by atoms with Crippen molar-refractivity contribution in [3.8, 4) is 0 Å². The fraction of sp³-hybridized carbons (Fsp3) is 0.286. The van der Waals surface area contributed by atoms with Crippen LogP contribution in [0.25, 0.3) is 0 Å². The summed E-state index contributed by atoms with van der Waals surface area (Å²) in [6, 6.07) is 3.31. The predicted octanol–water partition coefficient (Wildman–Crippen LogP) is 1.57. The fourth-order valence-electron chi connectivity index (χ4n) is 1.65. The molecule has 7 heteroatoms. The molecular weight excluding hydrogens is 290 g/mol. The van der Waals surface area contributed by atoms with Crippen LogP contribution in [0.3, 0.4) is 0 Å². The van der Waals surface area contributed by atoms with Gasteiger partial charge in [0.2, 0.25) is 5.91 Å². The SMILES string of the molecule is COC(=O)c1ccc(CNC(=O)CCc2cscn2)cn1. The second kappa shape index (κ2) is 7.49. The molecule has 6 nitrogen and oxygen atoms in total. The average Bonchev–Trinajstić information content (AvgIpc) is 3.04. The molecule has 2 aromatic heterocycles. The largest absolute Gasteiger partial charge is 0.464 e. The molecule has 2 rings (SSSR count). The summed E-state index contributed by atoms with van der Waals surface area (Å²) in [4.78, 5) is 31.0. The number of nitrogens with zero attached hydrogens (tertiary/aromatic N) is 2. The van der Waals surface area contributed by atoms with Crippen LogP contribution >= 0.6 is 11.3 Å². The van der Waals surface area contributed by atoms with E-state index in [0.29, 0.717) is 19.4 Å². The average molecular weight is 305 g/mol. The van der Waals surface area contributed by atoms with Gasteiger partial charge in [-0.3, -0.25) is 4.79 Å². The maximum atomic E-state index is 11.7. The van der Waals surface area contributed by atoms with Crippen LogP contribution in [0, 0.1) is 0 Å². The van der Waals surface area contributed by atoms with E-state index in [0.717, 1.165) is 11.3 Å². The molecule has 0 aliphatic rings. The van der Waals surface area contributed by atoms with E-state index < -0.39 is 5.97 Å². The number of hydrogen-bond donors (Lipinski definition) is 1. The van der Waals surface area contributed by atoms with Crippen LogP contribution in [0.5, 0.6) is 0 Å². The lowest BCUT2D eigenvalue weighted by Crippen LogP contribution is -2.23. The quantitative estimate of drug-likeness (QED) is 0.819. The van der Waals surface area contributed by atoms with Gasteiger partial charge in [0.25, 0.3) is 0 Å². The van der Waals surface area contributed by atoms with Crippen LogP contribution in [0.15, 0.2) is 29.2 Å². The zero-order valence-corrected chi connectivity index (χ0v) is 12.4. The number of esters is 1. The molecule has 0 spiro atoms. The monoisotopic (exact) mass is 305 g/mol. The highest BCUT2D eigenvalue weighted by Gasteiger charge is 2.07. The number of carbonyl (C=O) groups is 2. The van der Waals surface area contributed by atoms with E-state index in [2.05, 4.69) is 20.0 Å². The van der Waals surface area contributed by atoms with E-state index in [1.54, 1.807) is 23.8 Å². The summed E-state index contributed by atoms with van der Waals surface area (Å²) in [5.74, 6) is -0.520. The topological polar surface area (TPSA) is 81.2 Å². The molecule has 0 bridgehead atoms. The molecular formula is C14H15N3O3S. The van der Waals surface area contributed by atoms with Crippen molar-refractivity contribution >= 4 is 23.2 Å². The molecule has 1 N–H and O–H groups in total. The first-order valence-electron chi connectivity index (χ1n) is 6.36. The van der Waals surface area contributed by atoms with E-state index in [1.807, 2.05) is 5.38 Å². The van der Waals surface area contributed by atoms with Gasteiger partial charge < -0.3 is 10.1 Å². The Morgan fingerprint density at radius 3 is 2.81 bits per heavy atom. The zero-order valence-electron chi connectivity index (χ0n) is 11.5. The maximum Gasteiger partial charge on any atom is 0.356 e. The summed E-state index contributed by atoms with van der Waals surface area (Å²) >= 11 is 1.52. The predicted molar refractivity (Wildman–Crippen MR) is 77.9 cm³/mol. The molecule has 0 unspecified atom stereocenters. The van der Waals surface area contributed by atoms with Crippen LogP contribution in [0.1, 0.15) is 28.2 Å². The highest BCUT2D eigenvalue weighted by atomic mass is 32.1. The maximum absolute atomic E-state index is 11.7. The van der Waals surface area contributed by atoms with Crippen LogP contribution in [0.2, 0.25) is 0 Å². The molecule has 0 saturated carbocycles. The molecule has 110 valence electrons. The molecule has 0 saturated heterocycles. The number of ether oxygens (including phenoxy) is 1. The van der Waals surface area contributed by atoms with Crippen LogP contribution in [-0.2, 0) is 22.5 Å². The molecule has 0 aromatic carbocycles. The molecule has 0 aliphatic heterocycles. The number of pyridine rings is 1. The van der Waals surface area contributed by atoms with E-state index in [-0.39, 0.29) is 11.6 Å². The lowest BCUT2D eigenvalue weighted by molar-refractivity contribution is -0.121. The van der Waals surface area contributed by atoms with Gasteiger partial charge in [0.05, 0.1) is 18.3 Å². The lowest BCUT2D eigenvalue weighted by Gasteiger charge is -2.05. The first-order valence-corrected chi connectivity index (χ1v) is 7.30. The van der Waals surface area contributed by atoms with Gasteiger partial charge in [0.15, 0.2) is 0 Å². The zero-order chi connectivity index (χ0) is 15.1. The van der Waals surface area contributed by atoms with Gasteiger partial charge in [-0.25, -0.2) is 14.8 Å². The number of aryl methyl sites for hydroxylation is 1. The molecule has 0 atom stereocenters. The Morgan fingerprint density at radius 2 is 2.19 bits per heavy atom. The smallest absolute Gasteiger partial charge is 0.356 e. The van der Waals surface area contributed by atoms with Crippen molar-refractivity contribution in [1.82, 2.24) is 15.3 Å². The van der Waals surface area contributed by atoms with Crippen molar-refractivity contribution in [3.05, 3.63) is 46.2 Å². The number of carbonyl (C=O) groups excluding carboxylic acids is 2. The van der Waals surface area contributed by atoms with Gasteiger partial charge in [-0.2, -0.15) is 0 Å². The number of aromatic nitrogens is 2. The lowest BCUT2D eigenvalue weighted by atomic mass is 10.2. The Labute approximate surface area is 126 Å². The Hall–Kier alpha value is -2.28. The highest BCUT2D eigenvalue weighted by Crippen LogP contribution is 2.05. The van der Waals surface area contributed by atoms with Crippen molar-refractivity contribution in [2.24, 2.45) is 0 Å². The molecule has 21 heavy (non-hydrogen) atoms. The van der Waals surface area contributed by atoms with Gasteiger partial charge in [0, 0.05) is 24.5 Å². The number of amides is 1. The number of rotatable bonds is 6. The summed E-state index contributed by atoms with van der Waals surface area (Å²) in [6.45, 7) is 0.379.